The third-order valence-corrected chi connectivity index (χ3v) is 9.00. The first-order valence-corrected chi connectivity index (χ1v) is 15.4. The number of benzene rings is 6. The molecular weight excluding hydrogens is 542 g/mol. The van der Waals surface area contributed by atoms with Gasteiger partial charge in [0, 0.05) is 17.1 Å². The minimum Gasteiger partial charge on any atom is -0.310 e. The topological polar surface area (TPSA) is 4.93 Å². The van der Waals surface area contributed by atoms with Crippen LogP contribution < -0.4 is 0 Å². The molecule has 7 rings (SSSR count). The van der Waals surface area contributed by atoms with Crippen molar-refractivity contribution in [2.75, 3.05) is 0 Å². The molecule has 0 saturated carbocycles. The van der Waals surface area contributed by atoms with Gasteiger partial charge in [-0.1, -0.05) is 141 Å². The summed E-state index contributed by atoms with van der Waals surface area (Å²) in [5.74, 6) is 0. The molecule has 0 N–H and O–H groups in total. The van der Waals surface area contributed by atoms with Crippen molar-refractivity contribution in [1.29, 1.82) is 0 Å². The average molecular weight is 578 g/mol. The maximum Gasteiger partial charge on any atom is 0.0494 e. The molecule has 45 heavy (non-hydrogen) atoms. The molecular formula is C44H35N. The Morgan fingerprint density at radius 1 is 0.489 bits per heavy atom. The van der Waals surface area contributed by atoms with Crippen molar-refractivity contribution in [3.63, 3.8) is 0 Å². The molecule has 1 nitrogen and oxygen atoms in total. The van der Waals surface area contributed by atoms with Crippen LogP contribution in [0, 0.1) is 13.8 Å². The summed E-state index contributed by atoms with van der Waals surface area (Å²) < 4.78 is 2.33. The highest BCUT2D eigenvalue weighted by Crippen LogP contribution is 2.45. The maximum atomic E-state index is 3.90. The zero-order valence-electron chi connectivity index (χ0n) is 25.8. The van der Waals surface area contributed by atoms with Crippen LogP contribution in [0.5, 0.6) is 0 Å². The van der Waals surface area contributed by atoms with Crippen LogP contribution in [0.3, 0.4) is 0 Å². The van der Waals surface area contributed by atoms with E-state index in [9.17, 15) is 0 Å². The lowest BCUT2D eigenvalue weighted by Gasteiger charge is -2.19. The number of allylic oxidation sites excluding steroid dienone is 4. The Labute approximate surface area is 265 Å². The molecule has 0 aliphatic heterocycles. The van der Waals surface area contributed by atoms with Crippen molar-refractivity contribution >= 4 is 44.5 Å². The van der Waals surface area contributed by atoms with E-state index < -0.39 is 0 Å². The quantitative estimate of drug-likeness (QED) is 0.131. The number of aromatic nitrogens is 1. The Kier molecular flexibility index (Phi) is 7.37. The molecule has 7 aromatic rings. The molecule has 0 aliphatic rings. The Hall–Kier alpha value is -5.66. The molecule has 0 radical (unpaired) electrons. The number of hydrogen-bond acceptors (Lipinski definition) is 0. The highest BCUT2D eigenvalue weighted by Gasteiger charge is 2.19. The summed E-state index contributed by atoms with van der Waals surface area (Å²) in [6, 6.07) is 42.1. The summed E-state index contributed by atoms with van der Waals surface area (Å²) >= 11 is 0. The van der Waals surface area contributed by atoms with Gasteiger partial charge in [0.05, 0.1) is 0 Å². The van der Waals surface area contributed by atoms with Crippen LogP contribution in [-0.4, -0.2) is 4.57 Å². The van der Waals surface area contributed by atoms with Gasteiger partial charge in [0.2, 0.25) is 0 Å². The lowest BCUT2D eigenvalue weighted by Crippen LogP contribution is -2.00. The minimum absolute atomic E-state index is 1.11. The summed E-state index contributed by atoms with van der Waals surface area (Å²) in [4.78, 5) is 0. The highest BCUT2D eigenvalue weighted by molar-refractivity contribution is 6.23. The van der Waals surface area contributed by atoms with E-state index in [2.05, 4.69) is 159 Å². The molecule has 0 bridgehead atoms. The lowest BCUT2D eigenvalue weighted by molar-refractivity contribution is 1.04. The van der Waals surface area contributed by atoms with E-state index in [-0.39, 0.29) is 0 Å². The zero-order chi connectivity index (χ0) is 30.9. The van der Waals surface area contributed by atoms with Crippen molar-refractivity contribution in [1.82, 2.24) is 4.57 Å². The van der Waals surface area contributed by atoms with E-state index in [1.807, 2.05) is 24.3 Å². The molecule has 216 valence electrons. The van der Waals surface area contributed by atoms with Gasteiger partial charge < -0.3 is 4.57 Å². The van der Waals surface area contributed by atoms with Gasteiger partial charge in [-0.3, -0.25) is 0 Å². The van der Waals surface area contributed by atoms with E-state index in [0.29, 0.717) is 0 Å². The summed E-state index contributed by atoms with van der Waals surface area (Å²) in [6.45, 7) is 12.2. The zero-order valence-corrected chi connectivity index (χ0v) is 25.8. The number of nitrogens with zero attached hydrogens (tertiary/aromatic N) is 1. The van der Waals surface area contributed by atoms with Crippen LogP contribution in [0.25, 0.3) is 72.4 Å². The van der Waals surface area contributed by atoms with E-state index >= 15 is 0 Å². The van der Waals surface area contributed by atoms with Gasteiger partial charge in [0.15, 0.2) is 0 Å². The Balaban J connectivity index is 1.47. The molecule has 0 aliphatic carbocycles. The normalized spacial score (nSPS) is 11.8. The van der Waals surface area contributed by atoms with Crippen LogP contribution in [-0.2, 0) is 0 Å². The predicted molar refractivity (Wildman–Crippen MR) is 197 cm³/mol. The van der Waals surface area contributed by atoms with Crippen molar-refractivity contribution in [3.05, 3.63) is 175 Å². The van der Waals surface area contributed by atoms with Gasteiger partial charge in [-0.05, 0) is 104 Å². The van der Waals surface area contributed by atoms with E-state index in [1.165, 1.54) is 65.7 Å². The second kappa shape index (κ2) is 11.8. The predicted octanol–water partition coefficient (Wildman–Crippen LogP) is 12.3. The highest BCUT2D eigenvalue weighted by atomic mass is 15.0. The molecule has 0 saturated heterocycles. The Bertz CT molecular complexity index is 2200. The van der Waals surface area contributed by atoms with E-state index in [1.54, 1.807) is 0 Å². The molecule has 0 atom stereocenters. The van der Waals surface area contributed by atoms with Crippen molar-refractivity contribution in [2.45, 2.75) is 13.8 Å². The molecule has 0 amide bonds. The van der Waals surface area contributed by atoms with Crippen LogP contribution >= 0.6 is 0 Å². The second-order valence-electron chi connectivity index (χ2n) is 11.5. The largest absolute Gasteiger partial charge is 0.310 e. The third kappa shape index (κ3) is 4.74. The van der Waals surface area contributed by atoms with Crippen LogP contribution in [0.2, 0.25) is 0 Å². The van der Waals surface area contributed by atoms with Crippen molar-refractivity contribution in [2.24, 2.45) is 0 Å². The molecule has 1 heterocycles. The van der Waals surface area contributed by atoms with Gasteiger partial charge in [-0.2, -0.15) is 0 Å². The fourth-order valence-corrected chi connectivity index (χ4v) is 6.80. The van der Waals surface area contributed by atoms with Gasteiger partial charge in [-0.25, -0.2) is 0 Å². The Morgan fingerprint density at radius 3 is 1.49 bits per heavy atom. The van der Waals surface area contributed by atoms with E-state index in [4.69, 9.17) is 0 Å². The fourth-order valence-electron chi connectivity index (χ4n) is 6.80. The van der Waals surface area contributed by atoms with Crippen LogP contribution in [0.15, 0.2) is 153 Å². The first kappa shape index (κ1) is 28.1. The fraction of sp³-hybridized carbons (Fsp3) is 0.0455. The van der Waals surface area contributed by atoms with Gasteiger partial charge in [0.25, 0.3) is 0 Å². The van der Waals surface area contributed by atoms with E-state index in [0.717, 1.165) is 17.1 Å². The molecule has 1 heteroatoms. The summed E-state index contributed by atoms with van der Waals surface area (Å²) in [6.07, 6.45) is 11.9. The second-order valence-corrected chi connectivity index (χ2v) is 11.5. The number of fused-ring (bicyclic) bond motifs is 3. The van der Waals surface area contributed by atoms with Crippen LogP contribution in [0.1, 0.15) is 22.5 Å². The third-order valence-electron chi connectivity index (χ3n) is 9.00. The van der Waals surface area contributed by atoms with Crippen LogP contribution in [0.4, 0.5) is 0 Å². The van der Waals surface area contributed by atoms with Gasteiger partial charge in [-0.15, -0.1) is 0 Å². The monoisotopic (exact) mass is 577 g/mol. The number of hydrogen-bond donors (Lipinski definition) is 0. The molecule has 0 spiro atoms. The first-order valence-electron chi connectivity index (χ1n) is 15.4. The average Bonchev–Trinajstić information content (AvgIpc) is 3.33. The summed E-state index contributed by atoms with van der Waals surface area (Å²) in [5, 5.41) is 7.55. The first-order chi connectivity index (χ1) is 22.1. The molecule has 6 aromatic carbocycles. The summed E-state index contributed by atoms with van der Waals surface area (Å²) in [5.41, 5.74) is 10.9. The summed E-state index contributed by atoms with van der Waals surface area (Å²) in [7, 11) is 0. The standard InChI is InChI=1S/C44H35N/c1-5-7-24-41-30(3)31(4)42(25-8-6-2)45(41)34-28-26-33(27-29-34)43-37-19-11-13-21-39(37)44(40-22-14-12-20-38(40)43)36-23-15-17-32-16-9-10-18-35(32)36/h5-29H,1-2H2,3-4H3/b24-7-,25-8-. The molecule has 1 aromatic heterocycles. The van der Waals surface area contributed by atoms with Crippen molar-refractivity contribution < 1.29 is 0 Å². The SMILES string of the molecule is C=C/C=C\c1c(C)c(C)c(/C=C\C=C)n1-c1ccc(-c2c3ccccc3c(-c3cccc4ccccc34)c3ccccc23)cc1. The molecule has 0 unspecified atom stereocenters. The maximum absolute atomic E-state index is 3.90. The Morgan fingerprint density at radius 2 is 0.956 bits per heavy atom. The molecule has 0 fully saturated rings. The lowest BCUT2D eigenvalue weighted by atomic mass is 9.85. The van der Waals surface area contributed by atoms with Gasteiger partial charge in [0.1, 0.15) is 0 Å². The van der Waals surface area contributed by atoms with Crippen molar-refractivity contribution in [3.8, 4) is 27.9 Å². The number of rotatable bonds is 7. The van der Waals surface area contributed by atoms with Gasteiger partial charge >= 0.3 is 0 Å². The minimum atomic E-state index is 1.11. The smallest absolute Gasteiger partial charge is 0.0494 e.